The van der Waals surface area contributed by atoms with Crippen molar-refractivity contribution in [3.05, 3.63) is 0 Å². The highest BCUT2D eigenvalue weighted by atomic mass is 14.9. The van der Waals surface area contributed by atoms with Crippen LogP contribution in [-0.4, -0.2) is 12.6 Å². The molecule has 0 radical (unpaired) electrons. The summed E-state index contributed by atoms with van der Waals surface area (Å²) in [5, 5.41) is 3.51. The summed E-state index contributed by atoms with van der Waals surface area (Å²) in [6.45, 7) is 8.15. The standard InChI is InChI=1S/C9H19N/c1-7(2)9-5-4-8(3)10-6-9/h7-10H,4-6H2,1-3H3/t8-,9?/m0/s1. The van der Waals surface area contributed by atoms with Crippen LogP contribution < -0.4 is 5.32 Å². The Balaban J connectivity index is 2.26. The predicted molar refractivity (Wildman–Crippen MR) is 45.0 cm³/mol. The second-order valence-electron chi connectivity index (χ2n) is 3.89. The Morgan fingerprint density at radius 2 is 2.00 bits per heavy atom. The number of hydrogen-bond donors (Lipinski definition) is 1. The van der Waals surface area contributed by atoms with Crippen LogP contribution in [0.3, 0.4) is 0 Å². The molecule has 0 aromatic carbocycles. The van der Waals surface area contributed by atoms with Crippen molar-refractivity contribution in [1.29, 1.82) is 0 Å². The number of piperidine rings is 1. The van der Waals surface area contributed by atoms with Gasteiger partial charge in [0.05, 0.1) is 0 Å². The third kappa shape index (κ3) is 1.98. The summed E-state index contributed by atoms with van der Waals surface area (Å²) in [4.78, 5) is 0. The van der Waals surface area contributed by atoms with Crippen LogP contribution in [0.2, 0.25) is 0 Å². The van der Waals surface area contributed by atoms with E-state index in [4.69, 9.17) is 0 Å². The molecule has 1 aliphatic rings. The molecular formula is C9H19N. The van der Waals surface area contributed by atoms with E-state index in [1.165, 1.54) is 19.4 Å². The quantitative estimate of drug-likeness (QED) is 0.589. The molecule has 1 fully saturated rings. The highest BCUT2D eigenvalue weighted by Gasteiger charge is 2.19. The summed E-state index contributed by atoms with van der Waals surface area (Å²) in [5.41, 5.74) is 0. The fraction of sp³-hybridized carbons (Fsp3) is 1.00. The zero-order chi connectivity index (χ0) is 7.56. The van der Waals surface area contributed by atoms with Gasteiger partial charge in [0.15, 0.2) is 0 Å². The van der Waals surface area contributed by atoms with E-state index in [1.807, 2.05) is 0 Å². The van der Waals surface area contributed by atoms with Crippen LogP contribution in [0.1, 0.15) is 33.6 Å². The van der Waals surface area contributed by atoms with Gasteiger partial charge in [0.25, 0.3) is 0 Å². The minimum absolute atomic E-state index is 0.759. The monoisotopic (exact) mass is 141 g/mol. The normalized spacial score (nSPS) is 34.8. The number of hydrogen-bond acceptors (Lipinski definition) is 1. The SMILES string of the molecule is CC(C)C1CC[C@H](C)NC1. The molecule has 0 aromatic heterocycles. The molecule has 2 atom stereocenters. The second kappa shape index (κ2) is 3.38. The maximum absolute atomic E-state index is 3.51. The van der Waals surface area contributed by atoms with Gasteiger partial charge in [0, 0.05) is 6.04 Å². The summed E-state index contributed by atoms with van der Waals surface area (Å²) in [6, 6.07) is 0.759. The van der Waals surface area contributed by atoms with Crippen LogP contribution >= 0.6 is 0 Å². The largest absolute Gasteiger partial charge is 0.314 e. The summed E-state index contributed by atoms with van der Waals surface area (Å²) >= 11 is 0. The molecule has 1 unspecified atom stereocenters. The molecular weight excluding hydrogens is 122 g/mol. The number of rotatable bonds is 1. The molecule has 0 spiro atoms. The Bertz CT molecular complexity index is 90.9. The molecule has 0 saturated carbocycles. The van der Waals surface area contributed by atoms with E-state index < -0.39 is 0 Å². The highest BCUT2D eigenvalue weighted by Crippen LogP contribution is 2.20. The molecule has 0 bridgehead atoms. The minimum atomic E-state index is 0.759. The average Bonchev–Trinajstić information content (AvgIpc) is 1.88. The molecule has 1 rings (SSSR count). The third-order valence-corrected chi connectivity index (χ3v) is 2.64. The molecule has 1 saturated heterocycles. The van der Waals surface area contributed by atoms with Gasteiger partial charge in [-0.2, -0.15) is 0 Å². The molecule has 1 heteroatoms. The van der Waals surface area contributed by atoms with Crippen LogP contribution in [0.15, 0.2) is 0 Å². The first-order chi connectivity index (χ1) is 4.70. The Morgan fingerprint density at radius 3 is 2.40 bits per heavy atom. The molecule has 0 aromatic rings. The lowest BCUT2D eigenvalue weighted by molar-refractivity contribution is 0.262. The first-order valence-corrected chi connectivity index (χ1v) is 4.43. The van der Waals surface area contributed by atoms with Crippen molar-refractivity contribution in [2.45, 2.75) is 39.7 Å². The average molecular weight is 141 g/mol. The minimum Gasteiger partial charge on any atom is -0.314 e. The molecule has 1 N–H and O–H groups in total. The van der Waals surface area contributed by atoms with E-state index in [2.05, 4.69) is 26.1 Å². The number of nitrogens with one attached hydrogen (secondary N) is 1. The third-order valence-electron chi connectivity index (χ3n) is 2.64. The molecule has 60 valence electrons. The van der Waals surface area contributed by atoms with E-state index in [-0.39, 0.29) is 0 Å². The van der Waals surface area contributed by atoms with Gasteiger partial charge in [-0.3, -0.25) is 0 Å². The lowest BCUT2D eigenvalue weighted by atomic mass is 9.87. The second-order valence-corrected chi connectivity index (χ2v) is 3.89. The van der Waals surface area contributed by atoms with Gasteiger partial charge < -0.3 is 5.32 Å². The molecule has 1 heterocycles. The van der Waals surface area contributed by atoms with E-state index in [1.54, 1.807) is 0 Å². The first kappa shape index (κ1) is 8.06. The Morgan fingerprint density at radius 1 is 1.30 bits per heavy atom. The summed E-state index contributed by atoms with van der Waals surface area (Å²) in [5.74, 6) is 1.79. The van der Waals surface area contributed by atoms with Gasteiger partial charge in [0.1, 0.15) is 0 Å². The Kier molecular flexibility index (Phi) is 2.72. The smallest absolute Gasteiger partial charge is 0.00389 e. The van der Waals surface area contributed by atoms with Crippen LogP contribution in [0, 0.1) is 11.8 Å². The molecule has 0 aliphatic carbocycles. The topological polar surface area (TPSA) is 12.0 Å². The zero-order valence-corrected chi connectivity index (χ0v) is 7.35. The molecule has 10 heavy (non-hydrogen) atoms. The maximum Gasteiger partial charge on any atom is 0.00389 e. The summed E-state index contributed by atoms with van der Waals surface area (Å²) in [7, 11) is 0. The van der Waals surface area contributed by atoms with Crippen molar-refractivity contribution in [3.63, 3.8) is 0 Å². The van der Waals surface area contributed by atoms with E-state index in [9.17, 15) is 0 Å². The predicted octanol–water partition coefficient (Wildman–Crippen LogP) is 2.03. The van der Waals surface area contributed by atoms with Crippen molar-refractivity contribution in [2.75, 3.05) is 6.54 Å². The van der Waals surface area contributed by atoms with Crippen molar-refractivity contribution in [1.82, 2.24) is 5.32 Å². The van der Waals surface area contributed by atoms with Crippen molar-refractivity contribution in [3.8, 4) is 0 Å². The van der Waals surface area contributed by atoms with E-state index in [0.29, 0.717) is 0 Å². The maximum atomic E-state index is 3.51. The Hall–Kier alpha value is -0.0400. The van der Waals surface area contributed by atoms with Crippen molar-refractivity contribution < 1.29 is 0 Å². The van der Waals surface area contributed by atoms with Gasteiger partial charge in [-0.25, -0.2) is 0 Å². The van der Waals surface area contributed by atoms with Crippen molar-refractivity contribution in [2.24, 2.45) is 11.8 Å². The van der Waals surface area contributed by atoms with Gasteiger partial charge >= 0.3 is 0 Å². The highest BCUT2D eigenvalue weighted by molar-refractivity contribution is 4.76. The van der Waals surface area contributed by atoms with E-state index >= 15 is 0 Å². The fourth-order valence-corrected chi connectivity index (χ4v) is 1.59. The Labute approximate surface area is 64.2 Å². The van der Waals surface area contributed by atoms with Gasteiger partial charge in [-0.05, 0) is 38.1 Å². The van der Waals surface area contributed by atoms with Crippen LogP contribution in [0.4, 0.5) is 0 Å². The molecule has 1 aliphatic heterocycles. The van der Waals surface area contributed by atoms with E-state index in [0.717, 1.165) is 17.9 Å². The first-order valence-electron chi connectivity index (χ1n) is 4.43. The van der Waals surface area contributed by atoms with Crippen LogP contribution in [0.5, 0.6) is 0 Å². The zero-order valence-electron chi connectivity index (χ0n) is 7.35. The summed E-state index contributed by atoms with van der Waals surface area (Å²) in [6.07, 6.45) is 2.79. The molecule has 0 amide bonds. The van der Waals surface area contributed by atoms with Gasteiger partial charge in [0.2, 0.25) is 0 Å². The fourth-order valence-electron chi connectivity index (χ4n) is 1.59. The lowest BCUT2D eigenvalue weighted by Gasteiger charge is -2.30. The van der Waals surface area contributed by atoms with Crippen LogP contribution in [0.25, 0.3) is 0 Å². The molecule has 1 nitrogen and oxygen atoms in total. The van der Waals surface area contributed by atoms with Crippen LogP contribution in [-0.2, 0) is 0 Å². The van der Waals surface area contributed by atoms with Crippen molar-refractivity contribution >= 4 is 0 Å². The summed E-state index contributed by atoms with van der Waals surface area (Å²) < 4.78 is 0. The van der Waals surface area contributed by atoms with Gasteiger partial charge in [-0.1, -0.05) is 13.8 Å². The van der Waals surface area contributed by atoms with Gasteiger partial charge in [-0.15, -0.1) is 0 Å². The lowest BCUT2D eigenvalue weighted by Crippen LogP contribution is -2.38.